The zero-order valence-corrected chi connectivity index (χ0v) is 9.65. The molecule has 0 heterocycles. The molecule has 4 nitrogen and oxygen atoms in total. The molecule has 0 bridgehead atoms. The van der Waals surface area contributed by atoms with Crippen molar-refractivity contribution in [1.29, 1.82) is 0 Å². The van der Waals surface area contributed by atoms with Crippen LogP contribution in [0.15, 0.2) is 24.3 Å². The lowest BCUT2D eigenvalue weighted by Crippen LogP contribution is -2.48. The molecule has 4 heteroatoms. The summed E-state index contributed by atoms with van der Waals surface area (Å²) in [5.41, 5.74) is 1.00. The third-order valence-electron chi connectivity index (χ3n) is 3.37. The molecule has 0 aromatic heterocycles. The molecule has 0 fully saturated rings. The monoisotopic (exact) mass is 235 g/mol. The topological polar surface area (TPSA) is 69.6 Å². The number of hydrogen-bond acceptors (Lipinski definition) is 3. The molecule has 2 rings (SSSR count). The van der Waals surface area contributed by atoms with E-state index in [-0.39, 0.29) is 6.61 Å². The van der Waals surface area contributed by atoms with Gasteiger partial charge in [-0.15, -0.1) is 0 Å². The van der Waals surface area contributed by atoms with Gasteiger partial charge in [0.1, 0.15) is 5.54 Å². The molecule has 1 aromatic carbocycles. The lowest BCUT2D eigenvalue weighted by atomic mass is 9.91. The first kappa shape index (κ1) is 12.1. The Kier molecular flexibility index (Phi) is 3.45. The number of carboxylic acid groups (broad SMARTS) is 1. The number of aliphatic hydroxyl groups is 1. The summed E-state index contributed by atoms with van der Waals surface area (Å²) < 4.78 is 0. The van der Waals surface area contributed by atoms with Gasteiger partial charge in [-0.25, -0.2) is 4.79 Å². The molecule has 0 saturated carbocycles. The number of carboxylic acids is 1. The van der Waals surface area contributed by atoms with Gasteiger partial charge in [-0.05, 0) is 36.9 Å². The first-order valence-electron chi connectivity index (χ1n) is 5.88. The molecule has 0 saturated heterocycles. The van der Waals surface area contributed by atoms with Crippen LogP contribution in [0.1, 0.15) is 24.0 Å². The number of rotatable bonds is 5. The van der Waals surface area contributed by atoms with Gasteiger partial charge < -0.3 is 10.2 Å². The molecule has 0 amide bonds. The normalized spacial score (nSPS) is 22.4. The molecule has 1 aromatic rings. The minimum absolute atomic E-state index is 0.0738. The SMILES string of the molecule is O=C(O)C1(NCCCO)CCc2ccccc21. The third kappa shape index (κ3) is 2.06. The average molecular weight is 235 g/mol. The number of aryl methyl sites for hydroxylation is 1. The summed E-state index contributed by atoms with van der Waals surface area (Å²) in [4.78, 5) is 11.6. The maximum absolute atomic E-state index is 11.6. The van der Waals surface area contributed by atoms with E-state index in [2.05, 4.69) is 5.32 Å². The first-order valence-corrected chi connectivity index (χ1v) is 5.88. The number of nitrogens with one attached hydrogen (secondary N) is 1. The minimum Gasteiger partial charge on any atom is -0.480 e. The van der Waals surface area contributed by atoms with Gasteiger partial charge in [-0.2, -0.15) is 0 Å². The van der Waals surface area contributed by atoms with Crippen LogP contribution in [0.3, 0.4) is 0 Å². The van der Waals surface area contributed by atoms with Crippen molar-refractivity contribution in [2.75, 3.05) is 13.2 Å². The summed E-state index contributed by atoms with van der Waals surface area (Å²) in [5.74, 6) is -0.833. The highest BCUT2D eigenvalue weighted by Gasteiger charge is 2.44. The van der Waals surface area contributed by atoms with Crippen molar-refractivity contribution in [3.05, 3.63) is 35.4 Å². The summed E-state index contributed by atoms with van der Waals surface area (Å²) in [5, 5.41) is 21.3. The molecule has 0 radical (unpaired) electrons. The number of aliphatic carboxylic acids is 1. The lowest BCUT2D eigenvalue weighted by Gasteiger charge is -2.27. The van der Waals surface area contributed by atoms with E-state index >= 15 is 0 Å². The maximum atomic E-state index is 11.6. The predicted molar refractivity (Wildman–Crippen MR) is 63.8 cm³/mol. The van der Waals surface area contributed by atoms with Gasteiger partial charge in [0.25, 0.3) is 0 Å². The largest absolute Gasteiger partial charge is 0.480 e. The van der Waals surface area contributed by atoms with Crippen molar-refractivity contribution >= 4 is 5.97 Å². The van der Waals surface area contributed by atoms with Gasteiger partial charge in [0, 0.05) is 6.61 Å². The van der Waals surface area contributed by atoms with Gasteiger partial charge in [-0.1, -0.05) is 24.3 Å². The van der Waals surface area contributed by atoms with E-state index in [1.807, 2.05) is 24.3 Å². The van der Waals surface area contributed by atoms with Crippen LogP contribution in [0, 0.1) is 0 Å². The quantitative estimate of drug-likeness (QED) is 0.663. The van der Waals surface area contributed by atoms with Crippen LogP contribution in [-0.4, -0.2) is 29.3 Å². The van der Waals surface area contributed by atoms with Crippen LogP contribution in [0.4, 0.5) is 0 Å². The zero-order chi connectivity index (χ0) is 12.3. The van der Waals surface area contributed by atoms with E-state index in [0.29, 0.717) is 19.4 Å². The van der Waals surface area contributed by atoms with Crippen molar-refractivity contribution < 1.29 is 15.0 Å². The Morgan fingerprint density at radius 1 is 1.41 bits per heavy atom. The van der Waals surface area contributed by atoms with Gasteiger partial charge >= 0.3 is 5.97 Å². The highest BCUT2D eigenvalue weighted by atomic mass is 16.4. The van der Waals surface area contributed by atoms with Crippen LogP contribution >= 0.6 is 0 Å². The number of hydrogen-bond donors (Lipinski definition) is 3. The summed E-state index contributed by atoms with van der Waals surface area (Å²) >= 11 is 0. The summed E-state index contributed by atoms with van der Waals surface area (Å²) in [7, 11) is 0. The van der Waals surface area contributed by atoms with Crippen molar-refractivity contribution in [3.8, 4) is 0 Å². The Hall–Kier alpha value is -1.39. The third-order valence-corrected chi connectivity index (χ3v) is 3.37. The van der Waals surface area contributed by atoms with Crippen LogP contribution in [0.25, 0.3) is 0 Å². The van der Waals surface area contributed by atoms with E-state index < -0.39 is 11.5 Å². The van der Waals surface area contributed by atoms with E-state index in [1.54, 1.807) is 0 Å². The van der Waals surface area contributed by atoms with E-state index in [0.717, 1.165) is 17.5 Å². The van der Waals surface area contributed by atoms with E-state index in [1.165, 1.54) is 0 Å². The first-order chi connectivity index (χ1) is 8.20. The number of aliphatic hydroxyl groups excluding tert-OH is 1. The fourth-order valence-electron chi connectivity index (χ4n) is 2.47. The highest BCUT2D eigenvalue weighted by molar-refractivity contribution is 5.82. The predicted octanol–water partition coefficient (Wildman–Crippen LogP) is 0.885. The molecule has 1 unspecified atom stereocenters. The molecular formula is C13H17NO3. The molecule has 1 aliphatic rings. The zero-order valence-electron chi connectivity index (χ0n) is 9.65. The Labute approximate surface area is 100 Å². The van der Waals surface area contributed by atoms with Gasteiger partial charge in [0.15, 0.2) is 0 Å². The second-order valence-electron chi connectivity index (χ2n) is 4.37. The smallest absolute Gasteiger partial charge is 0.328 e. The molecule has 1 aliphatic carbocycles. The molecular weight excluding hydrogens is 218 g/mol. The van der Waals surface area contributed by atoms with Crippen molar-refractivity contribution in [2.24, 2.45) is 0 Å². The van der Waals surface area contributed by atoms with Gasteiger partial charge in [-0.3, -0.25) is 5.32 Å². The second-order valence-corrected chi connectivity index (χ2v) is 4.37. The highest BCUT2D eigenvalue weighted by Crippen LogP contribution is 2.36. The van der Waals surface area contributed by atoms with E-state index in [9.17, 15) is 9.90 Å². The fourth-order valence-corrected chi connectivity index (χ4v) is 2.47. The second kappa shape index (κ2) is 4.85. The fraction of sp³-hybridized carbons (Fsp3) is 0.462. The minimum atomic E-state index is -0.967. The molecule has 0 spiro atoms. The molecule has 0 aliphatic heterocycles. The summed E-state index contributed by atoms with van der Waals surface area (Å²) in [6.45, 7) is 0.585. The van der Waals surface area contributed by atoms with Gasteiger partial charge in [0.05, 0.1) is 0 Å². The van der Waals surface area contributed by atoms with Crippen LogP contribution < -0.4 is 5.32 Å². The van der Waals surface area contributed by atoms with Crippen molar-refractivity contribution in [1.82, 2.24) is 5.32 Å². The van der Waals surface area contributed by atoms with Crippen LogP contribution in [0.5, 0.6) is 0 Å². The van der Waals surface area contributed by atoms with Gasteiger partial charge in [0.2, 0.25) is 0 Å². The number of carbonyl (C=O) groups is 1. The Balaban J connectivity index is 2.28. The Morgan fingerprint density at radius 3 is 2.88 bits per heavy atom. The molecule has 3 N–H and O–H groups in total. The van der Waals surface area contributed by atoms with Crippen LogP contribution in [-0.2, 0) is 16.8 Å². The molecule has 17 heavy (non-hydrogen) atoms. The Morgan fingerprint density at radius 2 is 2.18 bits per heavy atom. The summed E-state index contributed by atoms with van der Waals surface area (Å²) in [6, 6.07) is 7.66. The van der Waals surface area contributed by atoms with E-state index in [4.69, 9.17) is 5.11 Å². The maximum Gasteiger partial charge on any atom is 0.328 e. The Bertz CT molecular complexity index is 419. The van der Waals surface area contributed by atoms with Crippen LogP contribution in [0.2, 0.25) is 0 Å². The average Bonchev–Trinajstić information content (AvgIpc) is 2.70. The number of benzene rings is 1. The standard InChI is InChI=1S/C13H17NO3/c15-9-3-8-14-13(12(16)17)7-6-10-4-1-2-5-11(10)13/h1-2,4-5,14-15H,3,6-9H2,(H,16,17). The number of fused-ring (bicyclic) bond motifs is 1. The molecule has 92 valence electrons. The van der Waals surface area contributed by atoms with Crippen molar-refractivity contribution in [3.63, 3.8) is 0 Å². The van der Waals surface area contributed by atoms with Crippen molar-refractivity contribution in [2.45, 2.75) is 24.8 Å². The molecule has 1 atom stereocenters. The summed E-state index contributed by atoms with van der Waals surface area (Å²) in [6.07, 6.45) is 1.93. The lowest BCUT2D eigenvalue weighted by molar-refractivity contribution is -0.145.